The summed E-state index contributed by atoms with van der Waals surface area (Å²) in [6.45, 7) is 1.99. The van der Waals surface area contributed by atoms with Crippen LogP contribution in [0.3, 0.4) is 0 Å². The smallest absolute Gasteiger partial charge is 0.127 e. The summed E-state index contributed by atoms with van der Waals surface area (Å²) >= 11 is 0. The zero-order valence-electron chi connectivity index (χ0n) is 10.4. The summed E-state index contributed by atoms with van der Waals surface area (Å²) < 4.78 is 16.0. The number of benzene rings is 1. The van der Waals surface area contributed by atoms with Crippen LogP contribution in [0.5, 0.6) is 17.2 Å². The van der Waals surface area contributed by atoms with E-state index in [-0.39, 0.29) is 6.10 Å². The molecule has 0 fully saturated rings. The highest BCUT2D eigenvalue weighted by molar-refractivity contribution is 5.42. The van der Waals surface area contributed by atoms with Gasteiger partial charge in [-0.15, -0.1) is 0 Å². The molecule has 1 rings (SSSR count). The molecule has 1 aromatic carbocycles. The summed E-state index contributed by atoms with van der Waals surface area (Å²) in [6, 6.07) is 7.45. The SMILES string of the molecule is CCC(CC#N)Oc1cc(OC)cc(OC)c1. The lowest BCUT2D eigenvalue weighted by Gasteiger charge is -2.16. The fourth-order valence-electron chi connectivity index (χ4n) is 1.41. The van der Waals surface area contributed by atoms with Gasteiger partial charge in [-0.3, -0.25) is 0 Å². The van der Waals surface area contributed by atoms with Gasteiger partial charge in [-0.25, -0.2) is 0 Å². The highest BCUT2D eigenvalue weighted by Crippen LogP contribution is 2.28. The van der Waals surface area contributed by atoms with E-state index in [1.807, 2.05) is 6.92 Å². The Morgan fingerprint density at radius 2 is 1.65 bits per heavy atom. The zero-order valence-corrected chi connectivity index (χ0v) is 10.4. The average molecular weight is 235 g/mol. The van der Waals surface area contributed by atoms with Gasteiger partial charge in [0.25, 0.3) is 0 Å². The molecule has 17 heavy (non-hydrogen) atoms. The van der Waals surface area contributed by atoms with E-state index >= 15 is 0 Å². The molecule has 1 atom stereocenters. The monoisotopic (exact) mass is 235 g/mol. The molecule has 1 aromatic rings. The number of methoxy groups -OCH3 is 2. The van der Waals surface area contributed by atoms with Gasteiger partial charge in [-0.05, 0) is 6.42 Å². The van der Waals surface area contributed by atoms with Gasteiger partial charge in [0, 0.05) is 18.2 Å². The van der Waals surface area contributed by atoms with Crippen molar-refractivity contribution in [1.29, 1.82) is 5.26 Å². The third-order valence-electron chi connectivity index (χ3n) is 2.40. The van der Waals surface area contributed by atoms with Crippen LogP contribution in [0, 0.1) is 11.3 Å². The Morgan fingerprint density at radius 1 is 1.12 bits per heavy atom. The van der Waals surface area contributed by atoms with Crippen LogP contribution in [0.25, 0.3) is 0 Å². The van der Waals surface area contributed by atoms with E-state index in [1.165, 1.54) is 0 Å². The number of ether oxygens (including phenoxy) is 3. The summed E-state index contributed by atoms with van der Waals surface area (Å²) in [4.78, 5) is 0. The van der Waals surface area contributed by atoms with Crippen LogP contribution < -0.4 is 14.2 Å². The van der Waals surface area contributed by atoms with Crippen molar-refractivity contribution in [2.24, 2.45) is 0 Å². The Hall–Kier alpha value is -1.89. The number of hydrogen-bond donors (Lipinski definition) is 0. The van der Waals surface area contributed by atoms with Gasteiger partial charge in [-0.1, -0.05) is 6.92 Å². The summed E-state index contributed by atoms with van der Waals surface area (Å²) in [5.74, 6) is 2.00. The van der Waals surface area contributed by atoms with Crippen molar-refractivity contribution in [1.82, 2.24) is 0 Å². The lowest BCUT2D eigenvalue weighted by atomic mass is 10.2. The number of rotatable bonds is 6. The number of hydrogen-bond acceptors (Lipinski definition) is 4. The lowest BCUT2D eigenvalue weighted by Crippen LogP contribution is -2.14. The molecule has 4 nitrogen and oxygen atoms in total. The third kappa shape index (κ3) is 3.87. The van der Waals surface area contributed by atoms with Gasteiger partial charge >= 0.3 is 0 Å². The van der Waals surface area contributed by atoms with E-state index < -0.39 is 0 Å². The van der Waals surface area contributed by atoms with E-state index in [0.29, 0.717) is 23.7 Å². The van der Waals surface area contributed by atoms with Gasteiger partial charge in [0.15, 0.2) is 0 Å². The van der Waals surface area contributed by atoms with Crippen molar-refractivity contribution in [2.45, 2.75) is 25.9 Å². The second-order valence-electron chi connectivity index (χ2n) is 3.56. The number of nitrogens with zero attached hydrogens (tertiary/aromatic N) is 1. The second kappa shape index (κ2) is 6.64. The molecule has 0 saturated heterocycles. The quantitative estimate of drug-likeness (QED) is 0.760. The minimum Gasteiger partial charge on any atom is -0.496 e. The molecular formula is C13H17NO3. The highest BCUT2D eigenvalue weighted by atomic mass is 16.5. The largest absolute Gasteiger partial charge is 0.496 e. The molecule has 0 bridgehead atoms. The van der Waals surface area contributed by atoms with Crippen LogP contribution in [0.1, 0.15) is 19.8 Å². The van der Waals surface area contributed by atoms with Gasteiger partial charge < -0.3 is 14.2 Å². The van der Waals surface area contributed by atoms with Crippen molar-refractivity contribution in [3.05, 3.63) is 18.2 Å². The van der Waals surface area contributed by atoms with Crippen molar-refractivity contribution < 1.29 is 14.2 Å². The fourth-order valence-corrected chi connectivity index (χ4v) is 1.41. The predicted molar refractivity (Wildman–Crippen MR) is 64.5 cm³/mol. The van der Waals surface area contributed by atoms with Gasteiger partial charge in [-0.2, -0.15) is 5.26 Å². The van der Waals surface area contributed by atoms with E-state index in [2.05, 4.69) is 6.07 Å². The van der Waals surface area contributed by atoms with Crippen molar-refractivity contribution >= 4 is 0 Å². The molecule has 0 N–H and O–H groups in total. The fraction of sp³-hybridized carbons (Fsp3) is 0.462. The molecule has 0 aliphatic carbocycles. The molecule has 0 aliphatic rings. The topological polar surface area (TPSA) is 51.5 Å². The van der Waals surface area contributed by atoms with E-state index in [4.69, 9.17) is 19.5 Å². The van der Waals surface area contributed by atoms with E-state index in [1.54, 1.807) is 32.4 Å². The Bertz CT molecular complexity index is 376. The summed E-state index contributed by atoms with van der Waals surface area (Å²) in [7, 11) is 3.18. The molecule has 0 aliphatic heterocycles. The van der Waals surface area contributed by atoms with Gasteiger partial charge in [0.05, 0.1) is 26.7 Å². The van der Waals surface area contributed by atoms with Crippen molar-refractivity contribution in [3.8, 4) is 23.3 Å². The Labute approximate surface area is 102 Å². The number of nitriles is 1. The van der Waals surface area contributed by atoms with Crippen molar-refractivity contribution in [3.63, 3.8) is 0 Å². The predicted octanol–water partition coefficient (Wildman–Crippen LogP) is 2.77. The van der Waals surface area contributed by atoms with Crippen LogP contribution in [-0.4, -0.2) is 20.3 Å². The lowest BCUT2D eigenvalue weighted by molar-refractivity contribution is 0.200. The standard InChI is InChI=1S/C13H17NO3/c1-4-10(5-6-14)17-13-8-11(15-2)7-12(9-13)16-3/h7-10H,4-5H2,1-3H3. The van der Waals surface area contributed by atoms with Crippen molar-refractivity contribution in [2.75, 3.05) is 14.2 Å². The molecule has 92 valence electrons. The molecule has 0 aromatic heterocycles. The first-order valence-electron chi connectivity index (χ1n) is 5.50. The maximum atomic E-state index is 8.67. The van der Waals surface area contributed by atoms with Crippen LogP contribution in [-0.2, 0) is 0 Å². The molecule has 0 heterocycles. The zero-order chi connectivity index (χ0) is 12.7. The minimum atomic E-state index is -0.100. The molecule has 0 saturated carbocycles. The normalized spacial score (nSPS) is 11.4. The first-order chi connectivity index (χ1) is 8.23. The molecule has 4 heteroatoms. The molecule has 0 radical (unpaired) electrons. The summed E-state index contributed by atoms with van der Waals surface area (Å²) in [5.41, 5.74) is 0. The minimum absolute atomic E-state index is 0.100. The second-order valence-corrected chi connectivity index (χ2v) is 3.56. The molecule has 1 unspecified atom stereocenters. The first kappa shape index (κ1) is 13.2. The molecular weight excluding hydrogens is 218 g/mol. The summed E-state index contributed by atoms with van der Waals surface area (Å²) in [6.07, 6.45) is 1.06. The Morgan fingerprint density at radius 3 is 2.06 bits per heavy atom. The van der Waals surface area contributed by atoms with Crippen LogP contribution >= 0.6 is 0 Å². The maximum Gasteiger partial charge on any atom is 0.127 e. The first-order valence-corrected chi connectivity index (χ1v) is 5.50. The highest BCUT2D eigenvalue weighted by Gasteiger charge is 2.09. The Balaban J connectivity index is 2.85. The van der Waals surface area contributed by atoms with E-state index in [9.17, 15) is 0 Å². The third-order valence-corrected chi connectivity index (χ3v) is 2.40. The average Bonchev–Trinajstić information content (AvgIpc) is 2.37. The van der Waals surface area contributed by atoms with E-state index in [0.717, 1.165) is 6.42 Å². The van der Waals surface area contributed by atoms with Crippen LogP contribution in [0.2, 0.25) is 0 Å². The van der Waals surface area contributed by atoms with Crippen LogP contribution in [0.4, 0.5) is 0 Å². The van der Waals surface area contributed by atoms with Gasteiger partial charge in [0.2, 0.25) is 0 Å². The Kier molecular flexibility index (Phi) is 5.15. The van der Waals surface area contributed by atoms with Gasteiger partial charge in [0.1, 0.15) is 23.4 Å². The molecule has 0 amide bonds. The maximum absolute atomic E-state index is 8.67. The summed E-state index contributed by atoms with van der Waals surface area (Å²) in [5, 5.41) is 8.67. The van der Waals surface area contributed by atoms with Crippen LogP contribution in [0.15, 0.2) is 18.2 Å². The molecule has 0 spiro atoms.